The zero-order valence-electron chi connectivity index (χ0n) is 11.3. The van der Waals surface area contributed by atoms with Crippen LogP contribution >= 0.6 is 0 Å². The number of carboxylic acid groups (broad SMARTS) is 1. The lowest BCUT2D eigenvalue weighted by atomic mass is 10.1. The van der Waals surface area contributed by atoms with Crippen molar-refractivity contribution in [1.82, 2.24) is 5.32 Å². The van der Waals surface area contributed by atoms with E-state index < -0.39 is 17.6 Å². The molecule has 0 saturated carbocycles. The first-order valence-corrected chi connectivity index (χ1v) is 6.49. The molecule has 0 fully saturated rings. The lowest BCUT2D eigenvalue weighted by molar-refractivity contribution is -0.136. The molecule has 2 N–H and O–H groups in total. The molecule has 0 aromatic heterocycles. The minimum absolute atomic E-state index is 0.00254. The number of benzene rings is 2. The van der Waals surface area contributed by atoms with E-state index in [0.717, 1.165) is 23.3 Å². The molecular weight excluding hydrogens is 276 g/mol. The normalized spacial score (nSPS) is 10.6. The topological polar surface area (TPSA) is 49.3 Å². The molecule has 3 nitrogen and oxygen atoms in total. The van der Waals surface area contributed by atoms with Gasteiger partial charge in [-0.25, -0.2) is 8.78 Å². The van der Waals surface area contributed by atoms with Gasteiger partial charge in [0.1, 0.15) is 0 Å². The van der Waals surface area contributed by atoms with Gasteiger partial charge in [0.25, 0.3) is 0 Å². The number of nitrogens with one attached hydrogen (secondary N) is 1. The van der Waals surface area contributed by atoms with Crippen molar-refractivity contribution < 1.29 is 18.7 Å². The van der Waals surface area contributed by atoms with Crippen LogP contribution in [0.25, 0.3) is 0 Å². The van der Waals surface area contributed by atoms with Crippen LogP contribution in [-0.4, -0.2) is 11.1 Å². The molecule has 0 unspecified atom stereocenters. The summed E-state index contributed by atoms with van der Waals surface area (Å²) in [6.45, 7) is 0.987. The number of halogens is 2. The van der Waals surface area contributed by atoms with Gasteiger partial charge < -0.3 is 10.4 Å². The monoisotopic (exact) mass is 291 g/mol. The maximum atomic E-state index is 13.0. The van der Waals surface area contributed by atoms with Crippen LogP contribution in [0.2, 0.25) is 0 Å². The van der Waals surface area contributed by atoms with Crippen molar-refractivity contribution >= 4 is 5.97 Å². The van der Waals surface area contributed by atoms with Crippen LogP contribution < -0.4 is 5.32 Å². The highest BCUT2D eigenvalue weighted by Crippen LogP contribution is 2.09. The third kappa shape index (κ3) is 4.65. The average molecular weight is 291 g/mol. The second kappa shape index (κ2) is 6.95. The fraction of sp³-hybridized carbons (Fsp3) is 0.188. The Morgan fingerprint density at radius 1 is 0.905 bits per heavy atom. The van der Waals surface area contributed by atoms with E-state index >= 15 is 0 Å². The molecule has 2 aromatic carbocycles. The Bertz CT molecular complexity index is 627. The average Bonchev–Trinajstić information content (AvgIpc) is 2.44. The van der Waals surface area contributed by atoms with Gasteiger partial charge in [-0.1, -0.05) is 30.3 Å². The van der Waals surface area contributed by atoms with E-state index in [-0.39, 0.29) is 6.42 Å². The summed E-state index contributed by atoms with van der Waals surface area (Å²) < 4.78 is 25.8. The van der Waals surface area contributed by atoms with Crippen molar-refractivity contribution in [3.05, 3.63) is 70.8 Å². The molecule has 0 aliphatic rings. The summed E-state index contributed by atoms with van der Waals surface area (Å²) in [5.41, 5.74) is 2.40. The van der Waals surface area contributed by atoms with Crippen molar-refractivity contribution in [2.24, 2.45) is 0 Å². The molecule has 0 saturated heterocycles. The highest BCUT2D eigenvalue weighted by atomic mass is 19.2. The van der Waals surface area contributed by atoms with Gasteiger partial charge in [0, 0.05) is 13.1 Å². The van der Waals surface area contributed by atoms with Gasteiger partial charge in [0.05, 0.1) is 6.42 Å². The molecule has 0 radical (unpaired) electrons. The van der Waals surface area contributed by atoms with Crippen LogP contribution in [0.4, 0.5) is 8.78 Å². The number of carbonyl (C=O) groups is 1. The molecule has 0 atom stereocenters. The summed E-state index contributed by atoms with van der Waals surface area (Å²) in [7, 11) is 0. The standard InChI is InChI=1S/C16H15F2NO2/c17-14-6-5-13(7-15(14)18)10-19-9-12-3-1-11(2-4-12)8-16(20)21/h1-7,19H,8-10H2,(H,20,21). The smallest absolute Gasteiger partial charge is 0.307 e. The number of rotatable bonds is 6. The summed E-state index contributed by atoms with van der Waals surface area (Å²) in [5.74, 6) is -2.57. The summed E-state index contributed by atoms with van der Waals surface area (Å²) in [6, 6.07) is 11.0. The fourth-order valence-electron chi connectivity index (χ4n) is 1.95. The molecule has 21 heavy (non-hydrogen) atoms. The Labute approximate surface area is 121 Å². The molecule has 2 aromatic rings. The van der Waals surface area contributed by atoms with E-state index in [1.165, 1.54) is 6.07 Å². The molecule has 0 bridgehead atoms. The number of hydrogen-bond acceptors (Lipinski definition) is 2. The van der Waals surface area contributed by atoms with E-state index in [9.17, 15) is 13.6 Å². The quantitative estimate of drug-likeness (QED) is 0.860. The van der Waals surface area contributed by atoms with Gasteiger partial charge in [-0.3, -0.25) is 4.79 Å². The first kappa shape index (κ1) is 15.1. The number of carboxylic acids is 1. The summed E-state index contributed by atoms with van der Waals surface area (Å²) in [5, 5.41) is 11.8. The lowest BCUT2D eigenvalue weighted by Gasteiger charge is -2.06. The van der Waals surface area contributed by atoms with Crippen molar-refractivity contribution in [3.8, 4) is 0 Å². The van der Waals surface area contributed by atoms with Crippen LogP contribution in [0.3, 0.4) is 0 Å². The van der Waals surface area contributed by atoms with Crippen molar-refractivity contribution in [2.75, 3.05) is 0 Å². The third-order valence-electron chi connectivity index (χ3n) is 3.02. The molecule has 0 heterocycles. The predicted octanol–water partition coefficient (Wildman–Crippen LogP) is 2.88. The first-order chi connectivity index (χ1) is 10.0. The third-order valence-corrected chi connectivity index (χ3v) is 3.02. The van der Waals surface area contributed by atoms with Gasteiger partial charge in [-0.05, 0) is 28.8 Å². The van der Waals surface area contributed by atoms with Crippen LogP contribution in [0.5, 0.6) is 0 Å². The zero-order chi connectivity index (χ0) is 15.2. The summed E-state index contributed by atoms with van der Waals surface area (Å²) >= 11 is 0. The number of aliphatic carboxylic acids is 1. The SMILES string of the molecule is O=C(O)Cc1ccc(CNCc2ccc(F)c(F)c2)cc1. The fourth-order valence-corrected chi connectivity index (χ4v) is 1.95. The molecule has 110 valence electrons. The Morgan fingerprint density at radius 3 is 2.10 bits per heavy atom. The highest BCUT2D eigenvalue weighted by molar-refractivity contribution is 5.70. The van der Waals surface area contributed by atoms with Crippen molar-refractivity contribution in [2.45, 2.75) is 19.5 Å². The molecule has 0 aliphatic carbocycles. The Balaban J connectivity index is 1.85. The van der Waals surface area contributed by atoms with Crippen molar-refractivity contribution in [3.63, 3.8) is 0 Å². The van der Waals surface area contributed by atoms with Gasteiger partial charge in [-0.15, -0.1) is 0 Å². The second-order valence-electron chi connectivity index (χ2n) is 4.74. The maximum absolute atomic E-state index is 13.0. The minimum Gasteiger partial charge on any atom is -0.481 e. The Kier molecular flexibility index (Phi) is 5.00. The van der Waals surface area contributed by atoms with Gasteiger partial charge in [0.15, 0.2) is 11.6 Å². The highest BCUT2D eigenvalue weighted by Gasteiger charge is 2.03. The summed E-state index contributed by atoms with van der Waals surface area (Å²) in [4.78, 5) is 10.6. The lowest BCUT2D eigenvalue weighted by Crippen LogP contribution is -2.13. The molecule has 5 heteroatoms. The molecule has 0 amide bonds. The minimum atomic E-state index is -0.862. The largest absolute Gasteiger partial charge is 0.481 e. The van der Waals surface area contributed by atoms with Crippen LogP contribution in [-0.2, 0) is 24.3 Å². The molecular formula is C16H15F2NO2. The first-order valence-electron chi connectivity index (χ1n) is 6.49. The van der Waals surface area contributed by atoms with E-state index in [4.69, 9.17) is 5.11 Å². The van der Waals surface area contributed by atoms with Gasteiger partial charge >= 0.3 is 5.97 Å². The second-order valence-corrected chi connectivity index (χ2v) is 4.74. The Morgan fingerprint density at radius 2 is 1.48 bits per heavy atom. The van der Waals surface area contributed by atoms with Crippen molar-refractivity contribution in [1.29, 1.82) is 0 Å². The van der Waals surface area contributed by atoms with Gasteiger partial charge in [-0.2, -0.15) is 0 Å². The van der Waals surface area contributed by atoms with Gasteiger partial charge in [0.2, 0.25) is 0 Å². The van der Waals surface area contributed by atoms with E-state index in [1.54, 1.807) is 12.1 Å². The Hall–Kier alpha value is -2.27. The van der Waals surface area contributed by atoms with E-state index in [1.807, 2.05) is 12.1 Å². The summed E-state index contributed by atoms with van der Waals surface area (Å²) in [6.07, 6.45) is 0.00254. The molecule has 2 rings (SSSR count). The maximum Gasteiger partial charge on any atom is 0.307 e. The molecule has 0 aliphatic heterocycles. The predicted molar refractivity (Wildman–Crippen MR) is 74.7 cm³/mol. The zero-order valence-corrected chi connectivity index (χ0v) is 11.3. The van der Waals surface area contributed by atoms with E-state index in [2.05, 4.69) is 5.32 Å². The molecule has 0 spiro atoms. The van der Waals surface area contributed by atoms with Crippen LogP contribution in [0.1, 0.15) is 16.7 Å². The van der Waals surface area contributed by atoms with E-state index in [0.29, 0.717) is 18.7 Å². The van der Waals surface area contributed by atoms with Crippen LogP contribution in [0, 0.1) is 11.6 Å². The number of hydrogen-bond donors (Lipinski definition) is 2. The van der Waals surface area contributed by atoms with Crippen LogP contribution in [0.15, 0.2) is 42.5 Å².